The van der Waals surface area contributed by atoms with Crippen LogP contribution in [0.15, 0.2) is 147 Å². The Morgan fingerprint density at radius 3 is 1.60 bits per heavy atom. The van der Waals surface area contributed by atoms with E-state index in [1.54, 1.807) is 6.26 Å². The first-order valence-electron chi connectivity index (χ1n) is 14.5. The standard InChI is InChI=1S/C40H22O3/c1-3-12-27-25(10-1)37(23-17-18-34-31(21-23)24-9-5-7-15-32(24)42-34)26-11-2-4-13-28(26)38(27)40-30-19-20-41-35(30)22-36-39(40)29-14-6-8-16-33(29)43-36/h1-22H. The first-order chi connectivity index (χ1) is 21.3. The largest absolute Gasteiger partial charge is 0.464 e. The van der Waals surface area contributed by atoms with Gasteiger partial charge in [0.1, 0.15) is 27.9 Å². The molecule has 0 saturated carbocycles. The molecular weight excluding hydrogens is 528 g/mol. The number of rotatable bonds is 2. The third-order valence-corrected chi connectivity index (χ3v) is 8.95. The van der Waals surface area contributed by atoms with Crippen LogP contribution >= 0.6 is 0 Å². The van der Waals surface area contributed by atoms with Gasteiger partial charge in [-0.15, -0.1) is 0 Å². The molecule has 0 aliphatic heterocycles. The summed E-state index contributed by atoms with van der Waals surface area (Å²) >= 11 is 0. The number of hydrogen-bond acceptors (Lipinski definition) is 3. The molecular formula is C40H22O3. The van der Waals surface area contributed by atoms with Crippen molar-refractivity contribution >= 4 is 76.4 Å². The van der Waals surface area contributed by atoms with E-state index in [-0.39, 0.29) is 0 Å². The van der Waals surface area contributed by atoms with Crippen LogP contribution in [0.5, 0.6) is 0 Å². The van der Waals surface area contributed by atoms with Crippen LogP contribution in [0.1, 0.15) is 0 Å². The number of para-hydroxylation sites is 2. The highest BCUT2D eigenvalue weighted by atomic mass is 16.3. The summed E-state index contributed by atoms with van der Waals surface area (Å²) in [4.78, 5) is 0. The molecule has 0 aliphatic rings. The van der Waals surface area contributed by atoms with Crippen LogP contribution in [-0.2, 0) is 0 Å². The van der Waals surface area contributed by atoms with E-state index in [1.165, 1.54) is 38.2 Å². The molecule has 0 aliphatic carbocycles. The number of benzene rings is 7. The summed E-state index contributed by atoms with van der Waals surface area (Å²) in [6.07, 6.45) is 1.78. The van der Waals surface area contributed by atoms with E-state index in [1.807, 2.05) is 30.3 Å². The van der Waals surface area contributed by atoms with Gasteiger partial charge in [0, 0.05) is 38.6 Å². The van der Waals surface area contributed by atoms with Crippen LogP contribution in [0.4, 0.5) is 0 Å². The topological polar surface area (TPSA) is 39.4 Å². The lowest BCUT2D eigenvalue weighted by Gasteiger charge is -2.18. The van der Waals surface area contributed by atoms with Crippen LogP contribution in [-0.4, -0.2) is 0 Å². The zero-order valence-corrected chi connectivity index (χ0v) is 22.9. The maximum atomic E-state index is 6.41. The van der Waals surface area contributed by atoms with Gasteiger partial charge >= 0.3 is 0 Å². The molecule has 10 rings (SSSR count). The fourth-order valence-electron chi connectivity index (χ4n) is 7.17. The van der Waals surface area contributed by atoms with Crippen molar-refractivity contribution < 1.29 is 13.3 Å². The zero-order valence-electron chi connectivity index (χ0n) is 22.9. The van der Waals surface area contributed by atoms with E-state index in [4.69, 9.17) is 13.3 Å². The van der Waals surface area contributed by atoms with Gasteiger partial charge in [-0.1, -0.05) is 91.0 Å². The minimum atomic E-state index is 0.816. The highest BCUT2D eigenvalue weighted by Gasteiger charge is 2.23. The molecule has 0 amide bonds. The third kappa shape index (κ3) is 3.08. The Labute approximate surface area is 245 Å². The van der Waals surface area contributed by atoms with Crippen molar-refractivity contribution in [1.29, 1.82) is 0 Å². The molecule has 10 aromatic rings. The van der Waals surface area contributed by atoms with Gasteiger partial charge in [-0.3, -0.25) is 0 Å². The van der Waals surface area contributed by atoms with Gasteiger partial charge in [0.25, 0.3) is 0 Å². The summed E-state index contributed by atoms with van der Waals surface area (Å²) < 4.78 is 18.6. The molecule has 3 heteroatoms. The van der Waals surface area contributed by atoms with Gasteiger partial charge < -0.3 is 13.3 Å². The average Bonchev–Trinajstić information content (AvgIpc) is 3.77. The SMILES string of the molecule is c1ccc2c(c1)oc1ccc(-c3c4ccccc4c(-c4c5ccoc5cc5oc6ccccc6c45)c4ccccc34)cc12. The Kier molecular flexibility index (Phi) is 4.45. The molecule has 0 saturated heterocycles. The smallest absolute Gasteiger partial charge is 0.139 e. The second kappa shape index (κ2) is 8.37. The summed E-state index contributed by atoms with van der Waals surface area (Å²) in [5, 5.41) is 10.3. The predicted molar refractivity (Wildman–Crippen MR) is 177 cm³/mol. The molecule has 0 bridgehead atoms. The van der Waals surface area contributed by atoms with Crippen LogP contribution in [0.2, 0.25) is 0 Å². The van der Waals surface area contributed by atoms with Gasteiger partial charge in [-0.2, -0.15) is 0 Å². The molecule has 200 valence electrons. The van der Waals surface area contributed by atoms with Crippen molar-refractivity contribution in [3.8, 4) is 22.3 Å². The number of furan rings is 3. The van der Waals surface area contributed by atoms with Crippen LogP contribution in [0.3, 0.4) is 0 Å². The molecule has 43 heavy (non-hydrogen) atoms. The molecule has 0 unspecified atom stereocenters. The fourth-order valence-corrected chi connectivity index (χ4v) is 7.17. The van der Waals surface area contributed by atoms with Gasteiger partial charge in [-0.25, -0.2) is 0 Å². The van der Waals surface area contributed by atoms with Crippen LogP contribution in [0, 0.1) is 0 Å². The van der Waals surface area contributed by atoms with Crippen LogP contribution < -0.4 is 0 Å². The first-order valence-corrected chi connectivity index (χ1v) is 14.5. The molecule has 3 heterocycles. The van der Waals surface area contributed by atoms with Crippen molar-refractivity contribution in [1.82, 2.24) is 0 Å². The van der Waals surface area contributed by atoms with Crippen molar-refractivity contribution in [2.45, 2.75) is 0 Å². The maximum Gasteiger partial charge on any atom is 0.139 e. The highest BCUT2D eigenvalue weighted by Crippen LogP contribution is 2.49. The van der Waals surface area contributed by atoms with Crippen molar-refractivity contribution in [3.63, 3.8) is 0 Å². The van der Waals surface area contributed by atoms with Crippen molar-refractivity contribution in [3.05, 3.63) is 134 Å². The lowest BCUT2D eigenvalue weighted by atomic mass is 9.84. The third-order valence-electron chi connectivity index (χ3n) is 8.95. The zero-order chi connectivity index (χ0) is 28.1. The lowest BCUT2D eigenvalue weighted by Crippen LogP contribution is -1.92. The number of fused-ring (bicyclic) bond motifs is 9. The number of hydrogen-bond donors (Lipinski definition) is 0. The van der Waals surface area contributed by atoms with Crippen molar-refractivity contribution in [2.24, 2.45) is 0 Å². The minimum absolute atomic E-state index is 0.816. The minimum Gasteiger partial charge on any atom is -0.464 e. The Bertz CT molecular complexity index is 2680. The predicted octanol–water partition coefficient (Wildman–Crippen LogP) is 11.9. The molecule has 0 radical (unpaired) electrons. The summed E-state index contributed by atoms with van der Waals surface area (Å²) in [6.45, 7) is 0. The summed E-state index contributed by atoms with van der Waals surface area (Å²) in [5.41, 5.74) is 9.03. The normalized spacial score (nSPS) is 12.2. The highest BCUT2D eigenvalue weighted by molar-refractivity contribution is 6.29. The second-order valence-electron chi connectivity index (χ2n) is 11.2. The summed E-state index contributed by atoms with van der Waals surface area (Å²) in [7, 11) is 0. The van der Waals surface area contributed by atoms with Gasteiger partial charge in [-0.05, 0) is 68.6 Å². The van der Waals surface area contributed by atoms with Crippen LogP contribution in [0.25, 0.3) is 98.6 Å². The summed E-state index contributed by atoms with van der Waals surface area (Å²) in [5.74, 6) is 0. The first kappa shape index (κ1) is 22.8. The van der Waals surface area contributed by atoms with Gasteiger partial charge in [0.05, 0.1) is 6.26 Å². The Balaban J connectivity index is 1.39. The maximum absolute atomic E-state index is 6.41. The fraction of sp³-hybridized carbons (Fsp3) is 0. The lowest BCUT2D eigenvalue weighted by molar-refractivity contribution is 0.613. The van der Waals surface area contributed by atoms with E-state index in [9.17, 15) is 0 Å². The van der Waals surface area contributed by atoms with Gasteiger partial charge in [0.15, 0.2) is 0 Å². The van der Waals surface area contributed by atoms with E-state index in [0.29, 0.717) is 0 Å². The monoisotopic (exact) mass is 550 g/mol. The molecule has 3 nitrogen and oxygen atoms in total. The molecule has 0 fully saturated rings. The van der Waals surface area contributed by atoms with E-state index < -0.39 is 0 Å². The molecule has 0 atom stereocenters. The Hall–Kier alpha value is -5.80. The molecule has 7 aromatic carbocycles. The Morgan fingerprint density at radius 1 is 0.326 bits per heavy atom. The van der Waals surface area contributed by atoms with Gasteiger partial charge in [0.2, 0.25) is 0 Å². The Morgan fingerprint density at radius 2 is 0.884 bits per heavy atom. The van der Waals surface area contributed by atoms with Crippen molar-refractivity contribution in [2.75, 3.05) is 0 Å². The molecule has 3 aromatic heterocycles. The quantitative estimate of drug-likeness (QED) is 0.201. The second-order valence-corrected chi connectivity index (χ2v) is 11.2. The van der Waals surface area contributed by atoms with E-state index in [2.05, 4.69) is 97.1 Å². The summed E-state index contributed by atoms with van der Waals surface area (Å²) in [6, 6.07) is 44.8. The van der Waals surface area contributed by atoms with E-state index >= 15 is 0 Å². The molecule has 0 spiro atoms. The average molecular weight is 551 g/mol. The van der Waals surface area contributed by atoms with E-state index in [0.717, 1.165) is 60.4 Å². The molecule has 0 N–H and O–H groups in total.